The molecule has 1 amide bonds. The Morgan fingerprint density at radius 2 is 1.74 bits per heavy atom. The Balaban J connectivity index is 1.63. The lowest BCUT2D eigenvalue weighted by molar-refractivity contribution is -0.153. The van der Waals surface area contributed by atoms with Gasteiger partial charge in [-0.25, -0.2) is 0 Å². The normalized spacial score (nSPS) is 25.5. The van der Waals surface area contributed by atoms with Crippen molar-refractivity contribution in [3.8, 4) is 16.9 Å². The van der Waals surface area contributed by atoms with Crippen LogP contribution in [0.3, 0.4) is 0 Å². The highest BCUT2D eigenvalue weighted by Crippen LogP contribution is 2.54. The number of fused-ring (bicyclic) bond motifs is 4. The number of nitrogens with zero attached hydrogens (tertiary/aromatic N) is 1. The molecule has 6 rings (SSSR count). The first kappa shape index (κ1) is 27.6. The minimum atomic E-state index is -2.69. The van der Waals surface area contributed by atoms with Gasteiger partial charge in [0, 0.05) is 23.6 Å². The van der Waals surface area contributed by atoms with Crippen LogP contribution in [0, 0.1) is 11.8 Å². The summed E-state index contributed by atoms with van der Waals surface area (Å²) in [5, 5.41) is 47.8. The molecule has 1 saturated carbocycles. The third-order valence-electron chi connectivity index (χ3n) is 9.10. The van der Waals surface area contributed by atoms with Crippen molar-refractivity contribution < 1.29 is 34.8 Å². The van der Waals surface area contributed by atoms with Crippen molar-refractivity contribution in [1.29, 1.82) is 0 Å². The van der Waals surface area contributed by atoms with Crippen molar-refractivity contribution >= 4 is 34.0 Å². The van der Waals surface area contributed by atoms with Gasteiger partial charge in [-0.1, -0.05) is 42.5 Å². The molecule has 3 aromatic carbocycles. The van der Waals surface area contributed by atoms with Crippen LogP contribution in [0.15, 0.2) is 65.4 Å². The zero-order valence-corrected chi connectivity index (χ0v) is 23.1. The van der Waals surface area contributed by atoms with Crippen molar-refractivity contribution in [2.45, 2.75) is 31.0 Å². The number of ketones is 2. The van der Waals surface area contributed by atoms with Gasteiger partial charge in [-0.05, 0) is 66.4 Å². The first-order chi connectivity index (χ1) is 19.9. The predicted molar refractivity (Wildman–Crippen MR) is 155 cm³/mol. The van der Waals surface area contributed by atoms with Gasteiger partial charge in [-0.2, -0.15) is 0 Å². The molecule has 8 N–H and O–H groups in total. The molecular weight excluding hydrogens is 538 g/mol. The Kier molecular flexibility index (Phi) is 6.27. The third kappa shape index (κ3) is 3.59. The van der Waals surface area contributed by atoms with Crippen molar-refractivity contribution in [2.24, 2.45) is 23.3 Å². The molecule has 0 heterocycles. The summed E-state index contributed by atoms with van der Waals surface area (Å²) in [6.45, 7) is -0.0546. The average molecular weight is 570 g/mol. The number of phenols is 1. The molecule has 0 radical (unpaired) electrons. The number of carbonyl (C=O) groups is 3. The van der Waals surface area contributed by atoms with Gasteiger partial charge in [0.05, 0.1) is 11.6 Å². The highest BCUT2D eigenvalue weighted by molar-refractivity contribution is 6.24. The topological polar surface area (TPSA) is 187 Å². The molecular formula is C32H31N3O7. The molecule has 3 aliphatic rings. The van der Waals surface area contributed by atoms with E-state index in [1.807, 2.05) is 42.5 Å². The Bertz CT molecular complexity index is 1780. The molecule has 0 unspecified atom stereocenters. The number of primary amides is 1. The summed E-state index contributed by atoms with van der Waals surface area (Å²) in [6.07, 6.45) is 0.200. The first-order valence-electron chi connectivity index (χ1n) is 13.6. The van der Waals surface area contributed by atoms with Crippen molar-refractivity contribution in [3.63, 3.8) is 0 Å². The lowest BCUT2D eigenvalue weighted by atomic mass is 9.57. The summed E-state index contributed by atoms with van der Waals surface area (Å²) in [4.78, 5) is 41.1. The number of phenolic OH excluding ortho intramolecular Hbond substituents is 1. The average Bonchev–Trinajstić information content (AvgIpc) is 2.94. The second kappa shape index (κ2) is 9.52. The van der Waals surface area contributed by atoms with E-state index in [0.29, 0.717) is 11.1 Å². The van der Waals surface area contributed by atoms with Crippen LogP contribution >= 0.6 is 0 Å². The Hall–Kier alpha value is -4.51. The zero-order chi connectivity index (χ0) is 30.2. The van der Waals surface area contributed by atoms with E-state index in [4.69, 9.17) is 11.5 Å². The summed E-state index contributed by atoms with van der Waals surface area (Å²) in [6, 6.07) is 14.3. The number of Topliss-reactive ketones (excluding diaryl/α,β-unsaturated/α-hetero) is 2. The number of aromatic hydroxyl groups is 1. The van der Waals surface area contributed by atoms with Gasteiger partial charge in [0.2, 0.25) is 5.78 Å². The van der Waals surface area contributed by atoms with Crippen LogP contribution in [0.5, 0.6) is 5.75 Å². The smallest absolute Gasteiger partial charge is 0.255 e. The fourth-order valence-electron chi connectivity index (χ4n) is 7.22. The number of hydrogen-bond donors (Lipinski definition) is 6. The number of amides is 1. The SMILES string of the molecule is CN(C)[C@@H]1C(=O)C(C(N)=O)=C(O)[C@@]2(O)C(=O)C3=C(O)c4c(O)c(CN)cc(-c5cccc6ccccc56)c4C[C@H]3C[C@@H]12. The van der Waals surface area contributed by atoms with Gasteiger partial charge in [-0.15, -0.1) is 0 Å². The highest BCUT2D eigenvalue weighted by Gasteiger charge is 2.64. The van der Waals surface area contributed by atoms with Gasteiger partial charge in [0.25, 0.3) is 5.91 Å². The molecule has 3 aliphatic carbocycles. The molecule has 0 aliphatic heterocycles. The Morgan fingerprint density at radius 1 is 1.05 bits per heavy atom. The number of hydrogen-bond acceptors (Lipinski definition) is 9. The number of aliphatic hydroxyl groups is 3. The van der Waals surface area contributed by atoms with Crippen LogP contribution in [0.4, 0.5) is 0 Å². The Labute approximate surface area is 241 Å². The molecule has 0 aromatic heterocycles. The number of nitrogens with two attached hydrogens (primary N) is 2. The quantitative estimate of drug-likeness (QED) is 0.256. The van der Waals surface area contributed by atoms with Crippen molar-refractivity contribution in [3.05, 3.63) is 82.1 Å². The molecule has 0 saturated heterocycles. The van der Waals surface area contributed by atoms with Gasteiger partial charge in [0.15, 0.2) is 11.4 Å². The van der Waals surface area contributed by atoms with Crippen LogP contribution in [-0.2, 0) is 27.3 Å². The van der Waals surface area contributed by atoms with Gasteiger partial charge in [0.1, 0.15) is 22.8 Å². The van der Waals surface area contributed by atoms with E-state index in [0.717, 1.165) is 21.9 Å². The number of carbonyl (C=O) groups excluding carboxylic acids is 3. The van der Waals surface area contributed by atoms with Crippen molar-refractivity contribution in [1.82, 2.24) is 4.90 Å². The summed E-state index contributed by atoms with van der Waals surface area (Å²) in [7, 11) is 3.14. The van der Waals surface area contributed by atoms with Crippen LogP contribution in [0.2, 0.25) is 0 Å². The fourth-order valence-corrected chi connectivity index (χ4v) is 7.22. The largest absolute Gasteiger partial charge is 0.508 e. The predicted octanol–water partition coefficient (Wildman–Crippen LogP) is 2.24. The van der Waals surface area contributed by atoms with Crippen LogP contribution < -0.4 is 11.5 Å². The number of benzene rings is 3. The first-order valence-corrected chi connectivity index (χ1v) is 13.6. The highest BCUT2D eigenvalue weighted by atomic mass is 16.3. The standard InChI is InChI=1S/C32H31N3O7/c1-35(2)25-21-12-15-10-20-19(18-9-5-7-14-6-3-4-8-17(14)18)11-16(13-33)26(36)23(20)27(37)22(15)29(39)32(21,42)30(40)24(28(25)38)31(34)41/h3-9,11,15,21,25,36-37,40,42H,10,12-13,33H2,1-2H3,(H2,34,41)/t15-,21-,25-,32-/m0/s1. The van der Waals surface area contributed by atoms with Gasteiger partial charge < -0.3 is 31.9 Å². The van der Waals surface area contributed by atoms with E-state index < -0.39 is 58.0 Å². The Morgan fingerprint density at radius 3 is 2.40 bits per heavy atom. The van der Waals surface area contributed by atoms with Crippen molar-refractivity contribution in [2.75, 3.05) is 14.1 Å². The number of likely N-dealkylation sites (N-methyl/N-ethyl adjacent to an activating group) is 1. The second-order valence-corrected chi connectivity index (χ2v) is 11.5. The van der Waals surface area contributed by atoms with E-state index in [-0.39, 0.29) is 36.3 Å². The minimum absolute atomic E-state index is 0.0140. The second-order valence-electron chi connectivity index (χ2n) is 11.5. The third-order valence-corrected chi connectivity index (χ3v) is 9.10. The summed E-state index contributed by atoms with van der Waals surface area (Å²) in [5.41, 5.74) is 10.2. The molecule has 1 fully saturated rings. The van der Waals surface area contributed by atoms with E-state index in [1.54, 1.807) is 20.2 Å². The van der Waals surface area contributed by atoms with Crippen LogP contribution in [0.25, 0.3) is 27.7 Å². The lowest BCUT2D eigenvalue weighted by Crippen LogP contribution is -2.65. The van der Waals surface area contributed by atoms with Gasteiger partial charge in [-0.3, -0.25) is 19.3 Å². The summed E-state index contributed by atoms with van der Waals surface area (Å²) >= 11 is 0. The molecule has 10 heteroatoms. The van der Waals surface area contributed by atoms with E-state index in [1.165, 1.54) is 4.90 Å². The summed E-state index contributed by atoms with van der Waals surface area (Å²) < 4.78 is 0. The van der Waals surface area contributed by atoms with E-state index in [9.17, 15) is 34.8 Å². The van der Waals surface area contributed by atoms with E-state index in [2.05, 4.69) is 0 Å². The monoisotopic (exact) mass is 569 g/mol. The van der Waals surface area contributed by atoms with Gasteiger partial charge >= 0.3 is 0 Å². The van der Waals surface area contributed by atoms with E-state index >= 15 is 0 Å². The fraction of sp³-hybridized carbons (Fsp3) is 0.281. The lowest BCUT2D eigenvalue weighted by Gasteiger charge is -2.50. The maximum Gasteiger partial charge on any atom is 0.255 e. The van der Waals surface area contributed by atoms with Crippen LogP contribution in [-0.4, -0.2) is 68.5 Å². The molecule has 0 bridgehead atoms. The molecule has 3 aromatic rings. The maximum atomic E-state index is 14.1. The summed E-state index contributed by atoms with van der Waals surface area (Å²) in [5.74, 6) is -6.88. The van der Waals surface area contributed by atoms with Crippen LogP contribution in [0.1, 0.15) is 23.1 Å². The number of aliphatic hydroxyl groups excluding tert-OH is 2. The zero-order valence-electron chi connectivity index (χ0n) is 23.1. The minimum Gasteiger partial charge on any atom is -0.508 e. The molecule has 216 valence electrons. The molecule has 42 heavy (non-hydrogen) atoms. The molecule has 4 atom stereocenters. The maximum absolute atomic E-state index is 14.1. The molecule has 0 spiro atoms. The molecule has 10 nitrogen and oxygen atoms in total. The number of rotatable bonds is 4.